The smallest absolute Gasteiger partial charge is 0.345 e. The van der Waals surface area contributed by atoms with Gasteiger partial charge in [-0.15, -0.1) is 32.9 Å². The summed E-state index contributed by atoms with van der Waals surface area (Å²) in [6, 6.07) is 17.2. The number of aryl methyl sites for hydroxylation is 2. The highest BCUT2D eigenvalue weighted by molar-refractivity contribution is 7.12. The number of aliphatic hydroxyl groups is 2. The van der Waals surface area contributed by atoms with Crippen LogP contribution in [0.1, 0.15) is 78.7 Å². The normalized spacial score (nSPS) is 18.8. The van der Waals surface area contributed by atoms with Gasteiger partial charge in [0.1, 0.15) is 32.7 Å². The molecule has 20 nitrogen and oxygen atoms in total. The van der Waals surface area contributed by atoms with E-state index in [9.17, 15) is 40.4 Å². The highest BCUT2D eigenvalue weighted by atomic mass is 35.5. The van der Waals surface area contributed by atoms with Gasteiger partial charge in [0.05, 0.1) is 22.8 Å². The molecule has 2 aliphatic heterocycles. The van der Waals surface area contributed by atoms with Crippen molar-refractivity contribution in [1.82, 2.24) is 40.4 Å². The number of carbonyl (C=O) groups is 2. The number of fused-ring (bicyclic) bond motifs is 2. The largest absolute Gasteiger partial charge is 0.618 e. The molecule has 0 saturated heterocycles. The number of halogens is 4. The molecular formula is C48H32Cl4N12O8S2. The fourth-order valence-corrected chi connectivity index (χ4v) is 12.2. The van der Waals surface area contributed by atoms with Crippen LogP contribution in [-0.2, 0) is 24.0 Å². The van der Waals surface area contributed by atoms with Gasteiger partial charge >= 0.3 is 11.9 Å². The van der Waals surface area contributed by atoms with E-state index < -0.39 is 23.1 Å². The molecule has 0 radical (unpaired) electrons. The molecule has 8 aromatic rings. The Morgan fingerprint density at radius 3 is 1.39 bits per heavy atom. The van der Waals surface area contributed by atoms with Gasteiger partial charge in [-0.1, -0.05) is 46.4 Å². The van der Waals surface area contributed by atoms with Crippen molar-refractivity contribution in [3.05, 3.63) is 171 Å². The zero-order valence-corrected chi connectivity index (χ0v) is 42.3. The van der Waals surface area contributed by atoms with Gasteiger partial charge in [0, 0.05) is 67.4 Å². The van der Waals surface area contributed by atoms with Crippen LogP contribution in [-0.4, -0.2) is 84.2 Å². The molecule has 6 aromatic heterocycles. The predicted molar refractivity (Wildman–Crippen MR) is 274 cm³/mol. The molecule has 0 amide bonds. The molecule has 0 fully saturated rings. The van der Waals surface area contributed by atoms with E-state index in [1.165, 1.54) is 46.5 Å². The van der Waals surface area contributed by atoms with Crippen molar-refractivity contribution in [3.8, 4) is 33.6 Å². The third-order valence-corrected chi connectivity index (χ3v) is 16.1. The Morgan fingerprint density at radius 2 is 1.03 bits per heavy atom. The van der Waals surface area contributed by atoms with Gasteiger partial charge in [0.25, 0.3) is 0 Å². The van der Waals surface area contributed by atoms with Crippen LogP contribution in [0, 0.1) is 10.4 Å². The second kappa shape index (κ2) is 18.9. The summed E-state index contributed by atoms with van der Waals surface area (Å²) in [6.07, 6.45) is 7.46. The van der Waals surface area contributed by atoms with Crippen LogP contribution in [0.3, 0.4) is 0 Å². The number of tetrazole rings is 2. The summed E-state index contributed by atoms with van der Waals surface area (Å²) in [4.78, 5) is 31.7. The van der Waals surface area contributed by atoms with Crippen LogP contribution >= 0.6 is 69.1 Å². The van der Waals surface area contributed by atoms with Crippen LogP contribution in [0.2, 0.25) is 10.0 Å². The number of aromatic nitrogens is 10. The van der Waals surface area contributed by atoms with Crippen LogP contribution < -0.4 is 9.46 Å². The number of nitrogens with zero attached hydrogens (tertiary/aromatic N) is 12. The van der Waals surface area contributed by atoms with E-state index in [1.54, 1.807) is 47.2 Å². The molecule has 4 N–H and O–H groups in total. The Kier molecular flexibility index (Phi) is 12.5. The predicted octanol–water partition coefficient (Wildman–Crippen LogP) is 7.92. The van der Waals surface area contributed by atoms with Gasteiger partial charge < -0.3 is 30.8 Å². The molecule has 0 bridgehead atoms. The lowest BCUT2D eigenvalue weighted by molar-refractivity contribution is -0.619. The van der Waals surface area contributed by atoms with Crippen molar-refractivity contribution < 1.29 is 39.5 Å². The van der Waals surface area contributed by atoms with Crippen molar-refractivity contribution in [3.63, 3.8) is 0 Å². The van der Waals surface area contributed by atoms with E-state index in [2.05, 4.69) is 41.0 Å². The molecule has 372 valence electrons. The molecule has 4 aliphatic rings. The van der Waals surface area contributed by atoms with E-state index in [4.69, 9.17) is 46.4 Å². The Labute approximate surface area is 444 Å². The van der Waals surface area contributed by atoms with Crippen molar-refractivity contribution in [2.75, 3.05) is 0 Å². The summed E-state index contributed by atoms with van der Waals surface area (Å²) in [5, 5.41) is 96.0. The SMILES string of the molecule is O=C(O)c1cc(C2=C(Cl)N=C(C3(O)CCc4cc(-c5cc(Cl)ccc5-n5cnnn5)c[n+]([O-])c43)C2)cs1.O=C(O)c1cc(C2=C(Cl)N=C(C3(O)CCc4cc(-c5cc(Cl)ccc5-n5cnnn5)c[n+]([O-])c43)C2)cs1. The first-order valence-electron chi connectivity index (χ1n) is 22.1. The number of carboxylic acids is 2. The lowest BCUT2D eigenvalue weighted by atomic mass is 9.89. The van der Waals surface area contributed by atoms with Crippen molar-refractivity contribution >= 4 is 104 Å². The van der Waals surface area contributed by atoms with Crippen LogP contribution in [0.4, 0.5) is 0 Å². The van der Waals surface area contributed by atoms with Gasteiger partial charge in [0.15, 0.2) is 23.6 Å². The van der Waals surface area contributed by atoms with Crippen molar-refractivity contribution in [2.45, 2.75) is 49.7 Å². The van der Waals surface area contributed by atoms with Gasteiger partial charge in [0.2, 0.25) is 11.4 Å². The number of hydrogen-bond donors (Lipinski definition) is 4. The molecule has 8 heterocycles. The second-order valence-electron chi connectivity index (χ2n) is 17.4. The first-order valence-corrected chi connectivity index (χ1v) is 25.4. The Bertz CT molecular complexity index is 3540. The summed E-state index contributed by atoms with van der Waals surface area (Å²) in [5.74, 6) is -2.05. The highest BCUT2D eigenvalue weighted by Crippen LogP contribution is 2.47. The fraction of sp³-hybridized carbons (Fsp3) is 0.167. The van der Waals surface area contributed by atoms with E-state index in [0.717, 1.165) is 22.7 Å². The molecule has 12 rings (SSSR count). The lowest BCUT2D eigenvalue weighted by Crippen LogP contribution is -2.45. The fourth-order valence-electron chi connectivity index (χ4n) is 9.74. The van der Waals surface area contributed by atoms with Gasteiger partial charge in [-0.2, -0.15) is 18.8 Å². The number of carboxylic acid groups (broad SMARTS) is 2. The second-order valence-corrected chi connectivity index (χ2v) is 20.8. The number of allylic oxidation sites excluding steroid dienone is 2. The lowest BCUT2D eigenvalue weighted by Gasteiger charge is -2.23. The number of benzene rings is 2. The van der Waals surface area contributed by atoms with Crippen LogP contribution in [0.25, 0.3) is 44.8 Å². The number of rotatable bonds is 10. The molecule has 0 saturated carbocycles. The van der Waals surface area contributed by atoms with Gasteiger partial charge in [-0.25, -0.2) is 19.6 Å². The molecule has 2 atom stereocenters. The quantitative estimate of drug-likeness (QED) is 0.0575. The number of thiophene rings is 2. The monoisotopic (exact) mass is 1110 g/mol. The van der Waals surface area contributed by atoms with Crippen LogP contribution in [0.15, 0.2) is 117 Å². The molecule has 26 heteroatoms. The van der Waals surface area contributed by atoms with E-state index in [1.807, 2.05) is 12.1 Å². The zero-order chi connectivity index (χ0) is 51.8. The first kappa shape index (κ1) is 49.0. The zero-order valence-electron chi connectivity index (χ0n) is 37.6. The van der Waals surface area contributed by atoms with Crippen LogP contribution in [0.5, 0.6) is 0 Å². The Hall–Kier alpha value is -7.28. The molecule has 2 aromatic carbocycles. The summed E-state index contributed by atoms with van der Waals surface area (Å²) in [5.41, 5.74) is 5.48. The number of aromatic carboxylic acids is 2. The molecule has 0 spiro atoms. The maximum atomic E-state index is 13.4. The molecule has 74 heavy (non-hydrogen) atoms. The number of aliphatic imine (C=N–C) groups is 2. The molecular weight excluding hydrogens is 1080 g/mol. The standard InChI is InChI=1S/2C24H16Cl2N6O4S/c2*25-15-1-2-18(31-11-27-29-30-31)16(7-15)13-5-12-3-4-24(35,21(12)32(36)9-13)20-8-17(22(26)28-20)14-6-19(23(33)34)37-10-14/h2*1-2,5-7,9-11,35H,3-4,8H2,(H,33,34). The van der Waals surface area contributed by atoms with E-state index >= 15 is 0 Å². The van der Waals surface area contributed by atoms with Gasteiger partial charge in [-0.05, 0) is 129 Å². The molecule has 2 aliphatic carbocycles. The van der Waals surface area contributed by atoms with E-state index in [-0.39, 0.29) is 57.1 Å². The topological polar surface area (TPSA) is 281 Å². The summed E-state index contributed by atoms with van der Waals surface area (Å²) >= 11 is 27.5. The van der Waals surface area contributed by atoms with Crippen molar-refractivity contribution in [2.24, 2.45) is 9.98 Å². The Balaban J connectivity index is 0.000000159. The Morgan fingerprint density at radius 1 is 0.608 bits per heavy atom. The maximum Gasteiger partial charge on any atom is 0.345 e. The number of pyridine rings is 2. The third kappa shape index (κ3) is 8.61. The summed E-state index contributed by atoms with van der Waals surface area (Å²) in [7, 11) is 0. The summed E-state index contributed by atoms with van der Waals surface area (Å²) < 4.78 is 4.30. The third-order valence-electron chi connectivity index (χ3n) is 13.2. The first-order chi connectivity index (χ1) is 35.5. The minimum atomic E-state index is -1.61. The molecule has 2 unspecified atom stereocenters. The summed E-state index contributed by atoms with van der Waals surface area (Å²) in [6.45, 7) is 0. The van der Waals surface area contributed by atoms with E-state index in [0.29, 0.717) is 111 Å². The highest BCUT2D eigenvalue weighted by Gasteiger charge is 2.51. The minimum absolute atomic E-state index is 0.172. The minimum Gasteiger partial charge on any atom is -0.618 e. The van der Waals surface area contributed by atoms with Gasteiger partial charge in [-0.3, -0.25) is 0 Å². The van der Waals surface area contributed by atoms with Crippen molar-refractivity contribution in [1.29, 1.82) is 0 Å². The maximum absolute atomic E-state index is 13.4. The average molecular weight is 1110 g/mol. The average Bonchev–Trinajstić information content (AvgIpc) is 4.22. The number of hydrogen-bond acceptors (Lipinski definition) is 16.